The first-order valence-corrected chi connectivity index (χ1v) is 7.82. The average molecular weight is 348 g/mol. The third-order valence-electron chi connectivity index (χ3n) is 4.37. The summed E-state index contributed by atoms with van der Waals surface area (Å²) in [6, 6.07) is 14.3. The zero-order chi connectivity index (χ0) is 15.1. The molecule has 0 fully saturated rings. The molecule has 0 radical (unpaired) electrons. The number of hydrogen-bond acceptors (Lipinski definition) is 2. The lowest BCUT2D eigenvalue weighted by molar-refractivity contribution is -0.00000464. The molecule has 0 amide bonds. The van der Waals surface area contributed by atoms with Crippen LogP contribution in [0.25, 0.3) is 10.9 Å². The van der Waals surface area contributed by atoms with E-state index in [1.54, 1.807) is 7.11 Å². The number of fused-ring (bicyclic) bond motifs is 3. The normalized spacial score (nSPS) is 16.7. The highest BCUT2D eigenvalue weighted by Crippen LogP contribution is 2.36. The van der Waals surface area contributed by atoms with Gasteiger partial charge in [-0.1, -0.05) is 29.8 Å². The van der Waals surface area contributed by atoms with Crippen LogP contribution in [0.5, 0.6) is 5.75 Å². The predicted octanol–water partition coefficient (Wildman–Crippen LogP) is 1.07. The first-order chi connectivity index (χ1) is 10.8. The van der Waals surface area contributed by atoms with Gasteiger partial charge in [0.05, 0.1) is 13.2 Å². The molecule has 1 aliphatic heterocycles. The molecular formula is C18H17Cl2N2O-. The number of hydrogen-bond donors (Lipinski definition) is 2. The fourth-order valence-electron chi connectivity index (χ4n) is 3.31. The average Bonchev–Trinajstić information content (AvgIpc) is 2.93. The molecule has 0 bridgehead atoms. The summed E-state index contributed by atoms with van der Waals surface area (Å²) in [5, 5.41) is 5.61. The maximum absolute atomic E-state index is 6.40. The molecule has 3 nitrogen and oxygen atoms in total. The van der Waals surface area contributed by atoms with Crippen molar-refractivity contribution >= 4 is 22.5 Å². The second-order valence-corrected chi connectivity index (χ2v) is 5.99. The molecule has 5 heteroatoms. The van der Waals surface area contributed by atoms with Gasteiger partial charge in [-0.05, 0) is 41.8 Å². The molecule has 120 valence electrons. The Bertz CT molecular complexity index is 844. The van der Waals surface area contributed by atoms with E-state index in [-0.39, 0.29) is 18.4 Å². The highest BCUT2D eigenvalue weighted by atomic mass is 35.5. The Kier molecular flexibility index (Phi) is 4.53. The zero-order valence-corrected chi connectivity index (χ0v) is 14.2. The second kappa shape index (κ2) is 6.44. The zero-order valence-electron chi connectivity index (χ0n) is 12.7. The lowest BCUT2D eigenvalue weighted by Crippen LogP contribution is -3.00. The molecule has 0 saturated carbocycles. The Morgan fingerprint density at radius 1 is 1.17 bits per heavy atom. The number of H-pyrrole nitrogens is 1. The minimum absolute atomic E-state index is 0. The van der Waals surface area contributed by atoms with Crippen molar-refractivity contribution < 1.29 is 17.1 Å². The number of halogens is 2. The summed E-state index contributed by atoms with van der Waals surface area (Å²) in [7, 11) is 1.70. The summed E-state index contributed by atoms with van der Waals surface area (Å²) in [5.41, 5.74) is 4.83. The van der Waals surface area contributed by atoms with E-state index in [9.17, 15) is 0 Å². The van der Waals surface area contributed by atoms with E-state index in [2.05, 4.69) is 28.5 Å². The predicted molar refractivity (Wildman–Crippen MR) is 89.9 cm³/mol. The molecule has 3 aromatic rings. The standard InChI is InChI=1S/C18H17ClN2O.ClH/c1-22-11-6-7-16-14(10-11)12-8-9-20-17(18(12)21-16)13-4-2-3-5-15(13)19;/h2-7,10,17,20-21H,8-9H2,1H3;1H/p-1. The van der Waals surface area contributed by atoms with Gasteiger partial charge >= 0.3 is 0 Å². The van der Waals surface area contributed by atoms with Gasteiger partial charge in [-0.25, -0.2) is 0 Å². The van der Waals surface area contributed by atoms with E-state index < -0.39 is 0 Å². The van der Waals surface area contributed by atoms with E-state index in [0.29, 0.717) is 0 Å². The molecule has 1 atom stereocenters. The summed E-state index contributed by atoms with van der Waals surface area (Å²) in [6.45, 7) is 0.938. The van der Waals surface area contributed by atoms with Gasteiger partial charge < -0.3 is 27.4 Å². The van der Waals surface area contributed by atoms with E-state index in [0.717, 1.165) is 34.8 Å². The minimum atomic E-state index is 0. The van der Waals surface area contributed by atoms with Gasteiger partial charge in [0.2, 0.25) is 0 Å². The number of benzene rings is 2. The third kappa shape index (κ3) is 2.69. The maximum Gasteiger partial charge on any atom is 0.119 e. The largest absolute Gasteiger partial charge is 1.00 e. The van der Waals surface area contributed by atoms with Gasteiger partial charge in [0.1, 0.15) is 5.75 Å². The number of nitrogens with one attached hydrogen (secondary N) is 2. The van der Waals surface area contributed by atoms with Crippen molar-refractivity contribution in [3.63, 3.8) is 0 Å². The second-order valence-electron chi connectivity index (χ2n) is 5.59. The number of ether oxygens (including phenoxy) is 1. The Hall–Kier alpha value is -1.68. The number of rotatable bonds is 2. The summed E-state index contributed by atoms with van der Waals surface area (Å²) >= 11 is 6.40. The van der Waals surface area contributed by atoms with Crippen molar-refractivity contribution in [2.75, 3.05) is 13.7 Å². The van der Waals surface area contributed by atoms with E-state index in [1.165, 1.54) is 16.6 Å². The van der Waals surface area contributed by atoms with Crippen LogP contribution in [0.3, 0.4) is 0 Å². The highest BCUT2D eigenvalue weighted by molar-refractivity contribution is 6.31. The van der Waals surface area contributed by atoms with Crippen molar-refractivity contribution in [1.82, 2.24) is 10.3 Å². The number of methoxy groups -OCH3 is 1. The van der Waals surface area contributed by atoms with Crippen LogP contribution in [0.1, 0.15) is 22.9 Å². The van der Waals surface area contributed by atoms with Gasteiger partial charge in [-0.2, -0.15) is 0 Å². The number of aromatic amines is 1. The van der Waals surface area contributed by atoms with Crippen LogP contribution in [0.15, 0.2) is 42.5 Å². The quantitative estimate of drug-likeness (QED) is 0.727. The maximum atomic E-state index is 6.40. The van der Waals surface area contributed by atoms with Crippen molar-refractivity contribution in [2.45, 2.75) is 12.5 Å². The first kappa shape index (κ1) is 16.2. The monoisotopic (exact) mass is 347 g/mol. The lowest BCUT2D eigenvalue weighted by Gasteiger charge is -2.25. The van der Waals surface area contributed by atoms with Crippen LogP contribution in [-0.2, 0) is 6.42 Å². The Morgan fingerprint density at radius 3 is 2.78 bits per heavy atom. The molecule has 1 aromatic heterocycles. The molecule has 0 spiro atoms. The Labute approximate surface area is 146 Å². The SMILES string of the molecule is COc1ccc2[nH]c3c(c2c1)CCNC3c1ccccc1Cl.[Cl-]. The molecule has 2 aromatic carbocycles. The summed E-state index contributed by atoms with van der Waals surface area (Å²) in [4.78, 5) is 3.57. The van der Waals surface area contributed by atoms with E-state index in [4.69, 9.17) is 16.3 Å². The van der Waals surface area contributed by atoms with Crippen LogP contribution in [0.4, 0.5) is 0 Å². The van der Waals surface area contributed by atoms with Crippen LogP contribution in [0, 0.1) is 0 Å². The van der Waals surface area contributed by atoms with Gasteiger partial charge in [-0.3, -0.25) is 0 Å². The Balaban J connectivity index is 0.00000156. The van der Waals surface area contributed by atoms with Crippen LogP contribution in [-0.4, -0.2) is 18.6 Å². The summed E-state index contributed by atoms with van der Waals surface area (Å²) < 4.78 is 5.36. The van der Waals surface area contributed by atoms with Crippen molar-refractivity contribution in [1.29, 1.82) is 0 Å². The molecule has 23 heavy (non-hydrogen) atoms. The summed E-state index contributed by atoms with van der Waals surface area (Å²) in [5.74, 6) is 0.891. The molecule has 4 rings (SSSR count). The van der Waals surface area contributed by atoms with E-state index in [1.807, 2.05) is 24.3 Å². The molecule has 0 aliphatic carbocycles. The van der Waals surface area contributed by atoms with E-state index >= 15 is 0 Å². The van der Waals surface area contributed by atoms with Gasteiger partial charge in [0.15, 0.2) is 0 Å². The van der Waals surface area contributed by atoms with Crippen molar-refractivity contribution in [3.05, 3.63) is 64.3 Å². The molecule has 2 heterocycles. The fourth-order valence-corrected chi connectivity index (χ4v) is 3.55. The van der Waals surface area contributed by atoms with Gasteiger partial charge in [0, 0.05) is 28.2 Å². The lowest BCUT2D eigenvalue weighted by atomic mass is 9.94. The Morgan fingerprint density at radius 2 is 2.00 bits per heavy atom. The van der Waals surface area contributed by atoms with Crippen molar-refractivity contribution in [3.8, 4) is 5.75 Å². The van der Waals surface area contributed by atoms with Crippen LogP contribution in [0.2, 0.25) is 5.02 Å². The van der Waals surface area contributed by atoms with Crippen molar-refractivity contribution in [2.24, 2.45) is 0 Å². The molecule has 0 saturated heterocycles. The molecular weight excluding hydrogens is 331 g/mol. The fraction of sp³-hybridized carbons (Fsp3) is 0.222. The summed E-state index contributed by atoms with van der Waals surface area (Å²) in [6.07, 6.45) is 1.00. The minimum Gasteiger partial charge on any atom is -1.00 e. The van der Waals surface area contributed by atoms with Crippen LogP contribution < -0.4 is 22.5 Å². The molecule has 1 unspecified atom stereocenters. The van der Waals surface area contributed by atoms with Gasteiger partial charge in [0.25, 0.3) is 0 Å². The van der Waals surface area contributed by atoms with Crippen LogP contribution >= 0.6 is 11.6 Å². The topological polar surface area (TPSA) is 37.0 Å². The number of aromatic nitrogens is 1. The van der Waals surface area contributed by atoms with Gasteiger partial charge in [-0.15, -0.1) is 0 Å². The first-order valence-electron chi connectivity index (χ1n) is 7.44. The molecule has 2 N–H and O–H groups in total. The highest BCUT2D eigenvalue weighted by Gasteiger charge is 2.26. The smallest absolute Gasteiger partial charge is 0.119 e. The third-order valence-corrected chi connectivity index (χ3v) is 4.72. The molecule has 1 aliphatic rings.